The van der Waals surface area contributed by atoms with E-state index in [0.717, 1.165) is 26.9 Å². The standard InChI is InChI=1S/C11H9N3O2S2/c1-6(9(15)16)17-10-12-13-11-14(10)7-4-2-3-5-8(7)18-11/h2-6H,1H3,(H,15,16)/p-1. The van der Waals surface area contributed by atoms with Crippen molar-refractivity contribution >= 4 is 44.2 Å². The lowest BCUT2D eigenvalue weighted by Crippen LogP contribution is -2.31. The number of aromatic nitrogens is 3. The molecule has 1 unspecified atom stereocenters. The summed E-state index contributed by atoms with van der Waals surface area (Å²) in [4.78, 5) is 11.5. The fourth-order valence-electron chi connectivity index (χ4n) is 1.64. The number of aliphatic carboxylic acids is 1. The minimum absolute atomic E-state index is 0.583. The summed E-state index contributed by atoms with van der Waals surface area (Å²) in [5.74, 6) is -1.10. The molecule has 0 saturated heterocycles. The van der Waals surface area contributed by atoms with Gasteiger partial charge in [-0.2, -0.15) is 0 Å². The number of carboxylic acid groups (broad SMARTS) is 1. The Hall–Kier alpha value is -1.60. The van der Waals surface area contributed by atoms with Crippen LogP contribution in [-0.2, 0) is 4.79 Å². The predicted molar refractivity (Wildman–Crippen MR) is 68.7 cm³/mol. The third-order valence-electron chi connectivity index (χ3n) is 2.53. The molecule has 2 aromatic heterocycles. The van der Waals surface area contributed by atoms with Gasteiger partial charge in [-0.15, -0.1) is 10.2 Å². The molecule has 0 fully saturated rings. The third kappa shape index (κ3) is 1.75. The summed E-state index contributed by atoms with van der Waals surface area (Å²) in [7, 11) is 0. The van der Waals surface area contributed by atoms with Gasteiger partial charge < -0.3 is 9.90 Å². The summed E-state index contributed by atoms with van der Waals surface area (Å²) in [6.07, 6.45) is 0. The van der Waals surface area contributed by atoms with Gasteiger partial charge in [-0.1, -0.05) is 35.2 Å². The number of para-hydroxylation sites is 1. The molecular weight excluding hydrogens is 270 g/mol. The Balaban J connectivity index is 2.15. The van der Waals surface area contributed by atoms with Crippen LogP contribution in [0.25, 0.3) is 15.2 Å². The molecule has 18 heavy (non-hydrogen) atoms. The largest absolute Gasteiger partial charge is 0.549 e. The SMILES string of the molecule is CC(Sc1nnc2sc3ccccc3n12)C(=O)[O-]. The van der Waals surface area contributed by atoms with Gasteiger partial charge in [0.25, 0.3) is 0 Å². The van der Waals surface area contributed by atoms with Gasteiger partial charge >= 0.3 is 0 Å². The first-order chi connectivity index (χ1) is 8.66. The van der Waals surface area contributed by atoms with Gasteiger partial charge in [0.1, 0.15) is 0 Å². The molecule has 0 aliphatic heterocycles. The number of carbonyl (C=O) groups excluding carboxylic acids is 1. The van der Waals surface area contributed by atoms with Gasteiger partial charge in [-0.3, -0.25) is 4.40 Å². The summed E-state index contributed by atoms with van der Waals surface area (Å²) >= 11 is 2.67. The van der Waals surface area contributed by atoms with E-state index in [1.54, 1.807) is 6.92 Å². The molecule has 0 N–H and O–H groups in total. The van der Waals surface area contributed by atoms with Crippen molar-refractivity contribution in [2.75, 3.05) is 0 Å². The summed E-state index contributed by atoms with van der Waals surface area (Å²) in [6.45, 7) is 1.58. The molecule has 0 saturated carbocycles. The zero-order chi connectivity index (χ0) is 12.7. The van der Waals surface area contributed by atoms with Crippen molar-refractivity contribution in [2.24, 2.45) is 0 Å². The number of carboxylic acids is 1. The van der Waals surface area contributed by atoms with Gasteiger partial charge in [0.15, 0.2) is 5.16 Å². The molecule has 0 amide bonds. The quantitative estimate of drug-likeness (QED) is 0.673. The maximum absolute atomic E-state index is 10.8. The van der Waals surface area contributed by atoms with Crippen LogP contribution in [-0.4, -0.2) is 25.8 Å². The zero-order valence-corrected chi connectivity index (χ0v) is 11.0. The molecule has 1 atom stereocenters. The number of hydrogen-bond acceptors (Lipinski definition) is 6. The first-order valence-electron chi connectivity index (χ1n) is 5.27. The van der Waals surface area contributed by atoms with Crippen molar-refractivity contribution in [2.45, 2.75) is 17.3 Å². The molecular formula is C11H8N3O2S2-. The Kier molecular flexibility index (Phi) is 2.71. The van der Waals surface area contributed by atoms with Crippen LogP contribution in [0.1, 0.15) is 6.92 Å². The van der Waals surface area contributed by atoms with Crippen LogP contribution < -0.4 is 5.11 Å². The Labute approximate surface area is 110 Å². The lowest BCUT2D eigenvalue weighted by atomic mass is 10.3. The number of thioether (sulfide) groups is 1. The van der Waals surface area contributed by atoms with Crippen LogP contribution in [0.5, 0.6) is 0 Å². The molecule has 2 heterocycles. The van der Waals surface area contributed by atoms with E-state index < -0.39 is 11.2 Å². The Morgan fingerprint density at radius 3 is 3.00 bits per heavy atom. The fourth-order valence-corrected chi connectivity index (χ4v) is 3.45. The van der Waals surface area contributed by atoms with Crippen molar-refractivity contribution in [1.29, 1.82) is 0 Å². The van der Waals surface area contributed by atoms with Crippen LogP contribution in [0.4, 0.5) is 0 Å². The molecule has 7 heteroatoms. The molecule has 0 aliphatic rings. The summed E-state index contributed by atoms with van der Waals surface area (Å²) in [6, 6.07) is 7.87. The minimum Gasteiger partial charge on any atom is -0.549 e. The molecule has 5 nitrogen and oxygen atoms in total. The highest BCUT2D eigenvalue weighted by atomic mass is 32.2. The topological polar surface area (TPSA) is 70.3 Å². The van der Waals surface area contributed by atoms with Crippen LogP contribution >= 0.6 is 23.1 Å². The maximum Gasteiger partial charge on any atom is 0.217 e. The normalized spacial score (nSPS) is 13.2. The fraction of sp³-hybridized carbons (Fsp3) is 0.182. The predicted octanol–water partition coefficient (Wildman–Crippen LogP) is 1.17. The van der Waals surface area contributed by atoms with Crippen molar-refractivity contribution in [3.63, 3.8) is 0 Å². The maximum atomic E-state index is 10.8. The van der Waals surface area contributed by atoms with Crippen molar-refractivity contribution in [3.8, 4) is 0 Å². The van der Waals surface area contributed by atoms with E-state index in [-0.39, 0.29) is 0 Å². The van der Waals surface area contributed by atoms with Gasteiger partial charge in [0.05, 0.1) is 16.2 Å². The molecule has 3 aromatic rings. The number of carbonyl (C=O) groups is 1. The second-order valence-corrected chi connectivity index (χ2v) is 6.07. The second-order valence-electron chi connectivity index (χ2n) is 3.75. The van der Waals surface area contributed by atoms with Gasteiger partial charge in [-0.05, 0) is 19.1 Å². The Morgan fingerprint density at radius 2 is 2.22 bits per heavy atom. The number of benzene rings is 1. The van der Waals surface area contributed by atoms with Gasteiger partial charge in [0, 0.05) is 5.25 Å². The summed E-state index contributed by atoms with van der Waals surface area (Å²) in [5, 5.41) is 18.8. The van der Waals surface area contributed by atoms with Crippen LogP contribution in [0.2, 0.25) is 0 Å². The molecule has 0 radical (unpaired) electrons. The zero-order valence-electron chi connectivity index (χ0n) is 9.36. The third-order valence-corrected chi connectivity index (χ3v) is 4.56. The molecule has 0 bridgehead atoms. The summed E-state index contributed by atoms with van der Waals surface area (Å²) < 4.78 is 2.98. The summed E-state index contributed by atoms with van der Waals surface area (Å²) in [5.41, 5.74) is 0.996. The number of fused-ring (bicyclic) bond motifs is 3. The monoisotopic (exact) mass is 278 g/mol. The molecule has 1 aromatic carbocycles. The van der Waals surface area contributed by atoms with E-state index in [1.807, 2.05) is 28.7 Å². The van der Waals surface area contributed by atoms with E-state index in [9.17, 15) is 9.90 Å². The average Bonchev–Trinajstić information content (AvgIpc) is 2.89. The van der Waals surface area contributed by atoms with Crippen LogP contribution in [0.15, 0.2) is 29.4 Å². The number of rotatable bonds is 3. The average molecular weight is 278 g/mol. The van der Waals surface area contributed by atoms with E-state index in [1.165, 1.54) is 11.3 Å². The molecule has 3 rings (SSSR count). The first-order valence-corrected chi connectivity index (χ1v) is 6.96. The first kappa shape index (κ1) is 11.5. The van der Waals surface area contributed by atoms with Gasteiger partial charge in [0.2, 0.25) is 4.96 Å². The molecule has 0 aliphatic carbocycles. The Morgan fingerprint density at radius 1 is 1.44 bits per heavy atom. The van der Waals surface area contributed by atoms with Gasteiger partial charge in [-0.25, -0.2) is 0 Å². The number of thiazole rings is 1. The Bertz CT molecular complexity index is 734. The van der Waals surface area contributed by atoms with Crippen molar-refractivity contribution < 1.29 is 9.90 Å². The van der Waals surface area contributed by atoms with Crippen molar-refractivity contribution in [3.05, 3.63) is 24.3 Å². The van der Waals surface area contributed by atoms with E-state index in [2.05, 4.69) is 10.2 Å². The van der Waals surface area contributed by atoms with E-state index >= 15 is 0 Å². The van der Waals surface area contributed by atoms with E-state index in [0.29, 0.717) is 5.16 Å². The number of hydrogen-bond donors (Lipinski definition) is 0. The van der Waals surface area contributed by atoms with Crippen LogP contribution in [0, 0.1) is 0 Å². The lowest BCUT2D eigenvalue weighted by molar-refractivity contribution is -0.304. The van der Waals surface area contributed by atoms with Crippen molar-refractivity contribution in [1.82, 2.24) is 14.6 Å². The van der Waals surface area contributed by atoms with E-state index in [4.69, 9.17) is 0 Å². The lowest BCUT2D eigenvalue weighted by Gasteiger charge is -2.09. The highest BCUT2D eigenvalue weighted by Gasteiger charge is 2.15. The molecule has 92 valence electrons. The highest BCUT2D eigenvalue weighted by Crippen LogP contribution is 2.30. The molecule has 0 spiro atoms. The second kappa shape index (κ2) is 4.25. The highest BCUT2D eigenvalue weighted by molar-refractivity contribution is 8.00. The number of nitrogens with zero attached hydrogens (tertiary/aromatic N) is 3. The van der Waals surface area contributed by atoms with Crippen LogP contribution in [0.3, 0.4) is 0 Å². The minimum atomic E-state index is -1.10. The smallest absolute Gasteiger partial charge is 0.217 e.